The molecule has 1 aromatic carbocycles. The van der Waals surface area contributed by atoms with Gasteiger partial charge in [0.2, 0.25) is 5.54 Å². The quantitative estimate of drug-likeness (QED) is 0.167. The van der Waals surface area contributed by atoms with Crippen LogP contribution in [0.15, 0.2) is 30.3 Å². The van der Waals surface area contributed by atoms with E-state index in [4.69, 9.17) is 15.2 Å². The van der Waals surface area contributed by atoms with Gasteiger partial charge in [0.1, 0.15) is 0 Å². The van der Waals surface area contributed by atoms with Crippen LogP contribution in [-0.4, -0.2) is 38.8 Å². The van der Waals surface area contributed by atoms with Gasteiger partial charge in [0.25, 0.3) is 0 Å². The molecule has 0 unspecified atom stereocenters. The molecule has 0 aliphatic carbocycles. The van der Waals surface area contributed by atoms with Gasteiger partial charge in [-0.05, 0) is 20.3 Å². The average Bonchev–Trinajstić information content (AvgIpc) is 2.75. The lowest BCUT2D eigenvalue weighted by Gasteiger charge is -2.24. The summed E-state index contributed by atoms with van der Waals surface area (Å²) in [6.45, 7) is 8.73. The van der Waals surface area contributed by atoms with Crippen molar-refractivity contribution in [1.29, 1.82) is 0 Å². The van der Waals surface area contributed by atoms with Crippen LogP contribution in [0.25, 0.3) is 0 Å². The molecule has 1 aromatic rings. The van der Waals surface area contributed by atoms with Gasteiger partial charge in [0.15, 0.2) is 0 Å². The fourth-order valence-corrected chi connectivity index (χ4v) is 6.39. The number of hydrogen-bond acceptors (Lipinski definition) is 5. The predicted octanol–water partition coefficient (Wildman–Crippen LogP) is 4.94. The van der Waals surface area contributed by atoms with E-state index in [0.717, 1.165) is 12.8 Å². The summed E-state index contributed by atoms with van der Waals surface area (Å²) in [6, 6.07) is 12.3. The molecule has 0 atom stereocenters. The number of unbranched alkanes of at least 4 members (excludes halogenated alkanes) is 7. The number of ether oxygens (including phenoxy) is 2. The first-order valence-electron chi connectivity index (χ1n) is 12.0. The number of carbonyl (C=O) groups excluding carboxylic acids is 2. The number of esters is 2. The highest BCUT2D eigenvalue weighted by Gasteiger charge is 2.44. The first-order valence-corrected chi connectivity index (χ1v) is 15.2. The third-order valence-electron chi connectivity index (χ3n) is 5.96. The molecule has 0 radical (unpaired) electrons. The Morgan fingerprint density at radius 1 is 0.806 bits per heavy atom. The lowest BCUT2D eigenvalue weighted by atomic mass is 9.93. The van der Waals surface area contributed by atoms with E-state index >= 15 is 0 Å². The van der Waals surface area contributed by atoms with Gasteiger partial charge in [0.05, 0.1) is 21.3 Å². The van der Waals surface area contributed by atoms with Crippen LogP contribution in [-0.2, 0) is 19.1 Å². The molecule has 0 aliphatic rings. The van der Waals surface area contributed by atoms with Crippen molar-refractivity contribution in [3.63, 3.8) is 0 Å². The molecule has 0 spiro atoms. The standard InChI is InChI=1S/C25H43NO4Si/c1-5-29-23(27)25(26,24(28)30-6-2)20-16-11-9-7-8-10-12-17-21-31(3,4)22-18-14-13-15-19-22/h13-15,18-19H,5-12,16-17,20-21,26H2,1-4H3. The largest absolute Gasteiger partial charge is 0.464 e. The highest BCUT2D eigenvalue weighted by Crippen LogP contribution is 2.19. The first-order chi connectivity index (χ1) is 14.8. The first kappa shape index (κ1) is 27.4. The van der Waals surface area contributed by atoms with Crippen molar-refractivity contribution in [2.24, 2.45) is 5.73 Å². The summed E-state index contributed by atoms with van der Waals surface area (Å²) in [5.74, 6) is -1.37. The van der Waals surface area contributed by atoms with E-state index in [1.165, 1.54) is 38.1 Å². The van der Waals surface area contributed by atoms with E-state index in [0.29, 0.717) is 6.42 Å². The molecule has 0 aliphatic heterocycles. The summed E-state index contributed by atoms with van der Waals surface area (Å²) in [4.78, 5) is 24.3. The van der Waals surface area contributed by atoms with Crippen molar-refractivity contribution in [2.45, 2.75) is 96.3 Å². The molecule has 6 heteroatoms. The van der Waals surface area contributed by atoms with Gasteiger partial charge >= 0.3 is 11.9 Å². The minimum atomic E-state index is -1.68. The van der Waals surface area contributed by atoms with Gasteiger partial charge < -0.3 is 15.2 Å². The Morgan fingerprint density at radius 2 is 1.26 bits per heavy atom. The summed E-state index contributed by atoms with van der Waals surface area (Å²) < 4.78 is 10.00. The molecule has 0 heterocycles. The second-order valence-electron chi connectivity index (χ2n) is 8.99. The van der Waals surface area contributed by atoms with Crippen LogP contribution in [0.1, 0.15) is 71.6 Å². The zero-order valence-electron chi connectivity index (χ0n) is 20.1. The van der Waals surface area contributed by atoms with Crippen LogP contribution in [0.3, 0.4) is 0 Å². The molecule has 176 valence electrons. The van der Waals surface area contributed by atoms with E-state index < -0.39 is 25.6 Å². The van der Waals surface area contributed by atoms with Crippen molar-refractivity contribution in [3.05, 3.63) is 30.3 Å². The average molecular weight is 450 g/mol. The summed E-state index contributed by atoms with van der Waals surface area (Å²) in [6.07, 6.45) is 9.30. The maximum atomic E-state index is 12.2. The minimum absolute atomic E-state index is 0.197. The lowest BCUT2D eigenvalue weighted by Crippen LogP contribution is -2.56. The molecular formula is C25H43NO4Si. The van der Waals surface area contributed by atoms with Gasteiger partial charge in [-0.15, -0.1) is 0 Å². The van der Waals surface area contributed by atoms with E-state index in [-0.39, 0.29) is 19.6 Å². The van der Waals surface area contributed by atoms with Crippen LogP contribution in [0.4, 0.5) is 0 Å². The highest BCUT2D eigenvalue weighted by atomic mass is 28.3. The molecule has 0 fully saturated rings. The molecule has 0 saturated heterocycles. The van der Waals surface area contributed by atoms with Crippen LogP contribution in [0.5, 0.6) is 0 Å². The summed E-state index contributed by atoms with van der Waals surface area (Å²) in [5.41, 5.74) is 4.41. The Kier molecular flexibility index (Phi) is 12.7. The second kappa shape index (κ2) is 14.4. The normalized spacial score (nSPS) is 11.9. The number of hydrogen-bond donors (Lipinski definition) is 1. The fourth-order valence-electron chi connectivity index (χ4n) is 3.87. The molecule has 2 N–H and O–H groups in total. The monoisotopic (exact) mass is 449 g/mol. The van der Waals surface area contributed by atoms with Crippen LogP contribution in [0.2, 0.25) is 19.1 Å². The van der Waals surface area contributed by atoms with Crippen LogP contribution in [0, 0.1) is 0 Å². The van der Waals surface area contributed by atoms with Crippen LogP contribution < -0.4 is 10.9 Å². The third-order valence-corrected chi connectivity index (χ3v) is 9.46. The Hall–Kier alpha value is -1.66. The van der Waals surface area contributed by atoms with Crippen molar-refractivity contribution in [3.8, 4) is 0 Å². The maximum Gasteiger partial charge on any atom is 0.337 e. The maximum absolute atomic E-state index is 12.2. The third kappa shape index (κ3) is 9.56. The van der Waals surface area contributed by atoms with Gasteiger partial charge in [-0.3, -0.25) is 0 Å². The highest BCUT2D eigenvalue weighted by molar-refractivity contribution is 6.89. The summed E-state index contributed by atoms with van der Waals surface area (Å²) in [5, 5.41) is 1.55. The van der Waals surface area contributed by atoms with Crippen molar-refractivity contribution >= 4 is 25.2 Å². The summed E-state index contributed by atoms with van der Waals surface area (Å²) >= 11 is 0. The Bertz CT molecular complexity index is 630. The van der Waals surface area contributed by atoms with E-state index in [9.17, 15) is 9.59 Å². The Labute approximate surface area is 190 Å². The molecule has 0 bridgehead atoms. The van der Waals surface area contributed by atoms with Gasteiger partial charge in [0, 0.05) is 0 Å². The second-order valence-corrected chi connectivity index (χ2v) is 13.8. The molecule has 0 amide bonds. The molecule has 1 rings (SSSR count). The fraction of sp³-hybridized carbons (Fsp3) is 0.680. The van der Waals surface area contributed by atoms with Gasteiger partial charge in [-0.1, -0.05) is 106 Å². The smallest absolute Gasteiger partial charge is 0.337 e. The summed E-state index contributed by atoms with van der Waals surface area (Å²) in [7, 11) is -1.30. The zero-order chi connectivity index (χ0) is 23.2. The SMILES string of the molecule is CCOC(=O)C(N)(CCCCCCCCCC[Si](C)(C)c1ccccc1)C(=O)OCC. The number of nitrogens with two attached hydrogens (primary N) is 1. The minimum Gasteiger partial charge on any atom is -0.464 e. The lowest BCUT2D eigenvalue weighted by molar-refractivity contribution is -0.164. The predicted molar refractivity (Wildman–Crippen MR) is 130 cm³/mol. The molecule has 5 nitrogen and oxygen atoms in total. The topological polar surface area (TPSA) is 78.6 Å². The van der Waals surface area contributed by atoms with Crippen molar-refractivity contribution < 1.29 is 19.1 Å². The number of benzene rings is 1. The molecule has 0 saturated carbocycles. The van der Waals surface area contributed by atoms with E-state index in [1.54, 1.807) is 19.0 Å². The zero-order valence-corrected chi connectivity index (χ0v) is 21.1. The number of rotatable bonds is 16. The van der Waals surface area contributed by atoms with Crippen LogP contribution >= 0.6 is 0 Å². The Balaban J connectivity index is 2.19. The van der Waals surface area contributed by atoms with Gasteiger partial charge in [-0.2, -0.15) is 0 Å². The van der Waals surface area contributed by atoms with Gasteiger partial charge in [-0.25, -0.2) is 9.59 Å². The molecule has 0 aromatic heterocycles. The van der Waals surface area contributed by atoms with E-state index in [2.05, 4.69) is 43.4 Å². The molecule has 31 heavy (non-hydrogen) atoms. The Morgan fingerprint density at radius 3 is 1.74 bits per heavy atom. The van der Waals surface area contributed by atoms with Crippen molar-refractivity contribution in [1.82, 2.24) is 0 Å². The molecular weight excluding hydrogens is 406 g/mol. The number of carbonyl (C=O) groups is 2. The van der Waals surface area contributed by atoms with E-state index in [1.807, 2.05) is 0 Å². The van der Waals surface area contributed by atoms with Crippen molar-refractivity contribution in [2.75, 3.05) is 13.2 Å².